The number of nitrogens with two attached hydrogens (primary N) is 1. The zero-order valence-electron chi connectivity index (χ0n) is 7.56. The van der Waals surface area contributed by atoms with Crippen LogP contribution in [0.5, 0.6) is 0 Å². The predicted octanol–water partition coefficient (Wildman–Crippen LogP) is 3.39. The van der Waals surface area contributed by atoms with Crippen molar-refractivity contribution in [1.82, 2.24) is 0 Å². The summed E-state index contributed by atoms with van der Waals surface area (Å²) in [5.74, 6) is -0.232. The Morgan fingerprint density at radius 1 is 1.54 bits per heavy atom. The van der Waals surface area contributed by atoms with Crippen LogP contribution in [0.4, 0.5) is 4.39 Å². The molecule has 0 aliphatic rings. The van der Waals surface area contributed by atoms with Crippen LogP contribution < -0.4 is 5.73 Å². The average molecular weight is 246 g/mol. The molecule has 0 spiro atoms. The second-order valence-electron chi connectivity index (χ2n) is 3.06. The van der Waals surface area contributed by atoms with Gasteiger partial charge in [-0.3, -0.25) is 0 Å². The standard InChI is InChI=1S/C10H13BrFN/c1-2-3-10(13)8-6-7(12)4-5-9(8)11/h4-6,10H,2-3,13H2,1H3. The van der Waals surface area contributed by atoms with Crippen molar-refractivity contribution >= 4 is 15.9 Å². The normalized spacial score (nSPS) is 12.9. The molecule has 72 valence electrons. The first-order chi connectivity index (χ1) is 6.15. The summed E-state index contributed by atoms with van der Waals surface area (Å²) in [6.07, 6.45) is 1.88. The van der Waals surface area contributed by atoms with Crippen LogP contribution in [-0.2, 0) is 0 Å². The number of hydrogen-bond acceptors (Lipinski definition) is 1. The summed E-state index contributed by atoms with van der Waals surface area (Å²) in [6, 6.07) is 4.53. The molecule has 0 bridgehead atoms. The van der Waals surface area contributed by atoms with Crippen LogP contribution >= 0.6 is 15.9 Å². The summed E-state index contributed by atoms with van der Waals surface area (Å²) in [5, 5.41) is 0. The fourth-order valence-corrected chi connectivity index (χ4v) is 1.81. The highest BCUT2D eigenvalue weighted by Gasteiger charge is 2.09. The number of benzene rings is 1. The Hall–Kier alpha value is -0.410. The molecule has 1 aromatic carbocycles. The van der Waals surface area contributed by atoms with E-state index < -0.39 is 0 Å². The van der Waals surface area contributed by atoms with Crippen LogP contribution in [0.2, 0.25) is 0 Å². The molecule has 0 saturated carbocycles. The first-order valence-corrected chi connectivity index (χ1v) is 5.15. The summed E-state index contributed by atoms with van der Waals surface area (Å²) in [5.41, 5.74) is 6.73. The van der Waals surface area contributed by atoms with E-state index in [0.29, 0.717) is 0 Å². The maximum atomic E-state index is 12.9. The highest BCUT2D eigenvalue weighted by atomic mass is 79.9. The van der Waals surface area contributed by atoms with E-state index in [2.05, 4.69) is 22.9 Å². The van der Waals surface area contributed by atoms with Gasteiger partial charge in [-0.05, 0) is 30.2 Å². The van der Waals surface area contributed by atoms with E-state index in [1.165, 1.54) is 12.1 Å². The van der Waals surface area contributed by atoms with Gasteiger partial charge >= 0.3 is 0 Å². The lowest BCUT2D eigenvalue weighted by molar-refractivity contribution is 0.603. The Balaban J connectivity index is 2.91. The molecule has 0 aromatic heterocycles. The number of halogens is 2. The molecule has 0 fully saturated rings. The zero-order valence-corrected chi connectivity index (χ0v) is 9.14. The summed E-state index contributed by atoms with van der Waals surface area (Å²) < 4.78 is 13.8. The van der Waals surface area contributed by atoms with Gasteiger partial charge in [0, 0.05) is 10.5 Å². The van der Waals surface area contributed by atoms with Crippen molar-refractivity contribution in [3.8, 4) is 0 Å². The molecule has 2 N–H and O–H groups in total. The first kappa shape index (κ1) is 10.7. The smallest absolute Gasteiger partial charge is 0.123 e. The van der Waals surface area contributed by atoms with Crippen molar-refractivity contribution in [2.24, 2.45) is 5.73 Å². The Morgan fingerprint density at radius 3 is 2.85 bits per heavy atom. The monoisotopic (exact) mass is 245 g/mol. The number of hydrogen-bond donors (Lipinski definition) is 1. The van der Waals surface area contributed by atoms with E-state index in [-0.39, 0.29) is 11.9 Å². The van der Waals surface area contributed by atoms with Crippen LogP contribution in [0.25, 0.3) is 0 Å². The minimum Gasteiger partial charge on any atom is -0.324 e. The topological polar surface area (TPSA) is 26.0 Å². The summed E-state index contributed by atoms with van der Waals surface area (Å²) in [7, 11) is 0. The van der Waals surface area contributed by atoms with E-state index in [1.807, 2.05) is 0 Å². The van der Waals surface area contributed by atoms with E-state index in [4.69, 9.17) is 5.73 Å². The van der Waals surface area contributed by atoms with Crippen molar-refractivity contribution in [3.63, 3.8) is 0 Å². The fraction of sp³-hybridized carbons (Fsp3) is 0.400. The zero-order chi connectivity index (χ0) is 9.84. The van der Waals surface area contributed by atoms with Gasteiger partial charge in [0.2, 0.25) is 0 Å². The van der Waals surface area contributed by atoms with Gasteiger partial charge in [0.25, 0.3) is 0 Å². The molecule has 0 aliphatic heterocycles. The van der Waals surface area contributed by atoms with Gasteiger partial charge in [0.1, 0.15) is 5.82 Å². The maximum Gasteiger partial charge on any atom is 0.123 e. The highest BCUT2D eigenvalue weighted by Crippen LogP contribution is 2.25. The van der Waals surface area contributed by atoms with Crippen LogP contribution in [0, 0.1) is 5.82 Å². The quantitative estimate of drug-likeness (QED) is 0.869. The first-order valence-electron chi connectivity index (χ1n) is 4.35. The minimum atomic E-state index is -0.232. The molecule has 0 amide bonds. The van der Waals surface area contributed by atoms with Crippen LogP contribution in [0.3, 0.4) is 0 Å². The Labute approximate surface area is 86.3 Å². The second kappa shape index (κ2) is 4.72. The minimum absolute atomic E-state index is 0.0740. The third-order valence-corrected chi connectivity index (χ3v) is 2.68. The Bertz CT molecular complexity index is 288. The maximum absolute atomic E-state index is 12.9. The number of rotatable bonds is 3. The van der Waals surface area contributed by atoms with Crippen LogP contribution in [-0.4, -0.2) is 0 Å². The highest BCUT2D eigenvalue weighted by molar-refractivity contribution is 9.10. The molecule has 1 unspecified atom stereocenters. The van der Waals surface area contributed by atoms with E-state index in [9.17, 15) is 4.39 Å². The van der Waals surface area contributed by atoms with Crippen molar-refractivity contribution < 1.29 is 4.39 Å². The van der Waals surface area contributed by atoms with Crippen molar-refractivity contribution in [3.05, 3.63) is 34.1 Å². The molecule has 0 saturated heterocycles. The predicted molar refractivity (Wildman–Crippen MR) is 55.9 cm³/mol. The third kappa shape index (κ3) is 2.78. The van der Waals surface area contributed by atoms with Crippen LogP contribution in [0.1, 0.15) is 31.4 Å². The molecule has 13 heavy (non-hydrogen) atoms. The van der Waals surface area contributed by atoms with Crippen molar-refractivity contribution in [2.75, 3.05) is 0 Å². The molecule has 0 aliphatic carbocycles. The van der Waals surface area contributed by atoms with Gasteiger partial charge in [0.05, 0.1) is 0 Å². The summed E-state index contributed by atoms with van der Waals surface area (Å²) in [6.45, 7) is 2.06. The Morgan fingerprint density at radius 2 is 2.23 bits per heavy atom. The molecule has 1 nitrogen and oxygen atoms in total. The molecule has 1 rings (SSSR count). The molecular weight excluding hydrogens is 233 g/mol. The van der Waals surface area contributed by atoms with Gasteiger partial charge in [-0.25, -0.2) is 4.39 Å². The van der Waals surface area contributed by atoms with E-state index in [1.54, 1.807) is 6.07 Å². The lowest BCUT2D eigenvalue weighted by atomic mass is 10.0. The lowest BCUT2D eigenvalue weighted by Crippen LogP contribution is -2.10. The second-order valence-corrected chi connectivity index (χ2v) is 3.92. The average Bonchev–Trinajstić information content (AvgIpc) is 2.09. The van der Waals surface area contributed by atoms with Crippen LogP contribution in [0.15, 0.2) is 22.7 Å². The van der Waals surface area contributed by atoms with E-state index in [0.717, 1.165) is 22.9 Å². The molecule has 1 aromatic rings. The molecule has 3 heteroatoms. The lowest BCUT2D eigenvalue weighted by Gasteiger charge is -2.12. The van der Waals surface area contributed by atoms with Gasteiger partial charge < -0.3 is 5.73 Å². The van der Waals surface area contributed by atoms with Gasteiger partial charge in [-0.15, -0.1) is 0 Å². The van der Waals surface area contributed by atoms with Gasteiger partial charge in [0.15, 0.2) is 0 Å². The van der Waals surface area contributed by atoms with E-state index >= 15 is 0 Å². The summed E-state index contributed by atoms with van der Waals surface area (Å²) >= 11 is 3.35. The summed E-state index contributed by atoms with van der Waals surface area (Å²) in [4.78, 5) is 0. The fourth-order valence-electron chi connectivity index (χ4n) is 1.27. The molecule has 0 radical (unpaired) electrons. The molecule has 1 atom stereocenters. The van der Waals surface area contributed by atoms with Crippen molar-refractivity contribution in [1.29, 1.82) is 0 Å². The largest absolute Gasteiger partial charge is 0.324 e. The van der Waals surface area contributed by atoms with Gasteiger partial charge in [-0.1, -0.05) is 29.3 Å². The molecular formula is C10H13BrFN. The SMILES string of the molecule is CCCC(N)c1cc(F)ccc1Br. The van der Waals surface area contributed by atoms with Gasteiger partial charge in [-0.2, -0.15) is 0 Å². The van der Waals surface area contributed by atoms with Crippen molar-refractivity contribution in [2.45, 2.75) is 25.8 Å². The third-order valence-electron chi connectivity index (χ3n) is 1.96. The molecule has 0 heterocycles. The Kier molecular flexibility index (Phi) is 3.88.